The SMILES string of the molecule is CCC(NC(=O)N/C=C/C(C)(C)C)c1ccc2c(c1)CCCC2. The summed E-state index contributed by atoms with van der Waals surface area (Å²) in [4.78, 5) is 12.1. The number of carbonyl (C=O) groups is 1. The number of rotatable bonds is 4. The topological polar surface area (TPSA) is 41.1 Å². The number of benzene rings is 1. The number of allylic oxidation sites excluding steroid dienone is 1. The minimum atomic E-state index is -0.143. The van der Waals surface area contributed by atoms with E-state index in [0.29, 0.717) is 0 Å². The van der Waals surface area contributed by atoms with Crippen molar-refractivity contribution in [3.8, 4) is 0 Å². The Balaban J connectivity index is 1.99. The molecule has 0 aliphatic heterocycles. The van der Waals surface area contributed by atoms with Crippen LogP contribution in [0.25, 0.3) is 0 Å². The Bertz CT molecular complexity index is 569. The van der Waals surface area contributed by atoms with E-state index in [0.717, 1.165) is 6.42 Å². The van der Waals surface area contributed by atoms with Crippen molar-refractivity contribution >= 4 is 6.03 Å². The predicted molar refractivity (Wildman–Crippen MR) is 96.4 cm³/mol. The normalized spacial score (nSPS) is 16.0. The summed E-state index contributed by atoms with van der Waals surface area (Å²) >= 11 is 0. The highest BCUT2D eigenvalue weighted by molar-refractivity contribution is 5.75. The van der Waals surface area contributed by atoms with Crippen LogP contribution in [0.15, 0.2) is 30.5 Å². The Morgan fingerprint density at radius 2 is 1.91 bits per heavy atom. The molecule has 3 nitrogen and oxygen atoms in total. The highest BCUT2D eigenvalue weighted by Gasteiger charge is 2.15. The molecule has 1 aromatic carbocycles. The van der Waals surface area contributed by atoms with Crippen LogP contribution < -0.4 is 10.6 Å². The van der Waals surface area contributed by atoms with Gasteiger partial charge in [-0.05, 0) is 54.2 Å². The lowest BCUT2D eigenvalue weighted by atomic mass is 9.89. The van der Waals surface area contributed by atoms with Crippen molar-refractivity contribution in [3.63, 3.8) is 0 Å². The van der Waals surface area contributed by atoms with Crippen molar-refractivity contribution in [1.29, 1.82) is 0 Å². The number of hydrogen-bond donors (Lipinski definition) is 2. The molecule has 2 N–H and O–H groups in total. The van der Waals surface area contributed by atoms with Gasteiger partial charge in [-0.25, -0.2) is 4.79 Å². The summed E-state index contributed by atoms with van der Waals surface area (Å²) in [6, 6.07) is 6.61. The molecular formula is C20H30N2O. The molecular weight excluding hydrogens is 284 g/mol. The molecule has 0 fully saturated rings. The van der Waals surface area contributed by atoms with Gasteiger partial charge >= 0.3 is 6.03 Å². The van der Waals surface area contributed by atoms with Gasteiger partial charge in [0.05, 0.1) is 6.04 Å². The van der Waals surface area contributed by atoms with Crippen LogP contribution in [0.4, 0.5) is 4.79 Å². The summed E-state index contributed by atoms with van der Waals surface area (Å²) in [5.74, 6) is 0. The third-order valence-electron chi connectivity index (χ3n) is 4.29. The maximum Gasteiger partial charge on any atom is 0.319 e. The van der Waals surface area contributed by atoms with Crippen LogP contribution in [0.5, 0.6) is 0 Å². The summed E-state index contributed by atoms with van der Waals surface area (Å²) in [7, 11) is 0. The molecule has 0 saturated heterocycles. The van der Waals surface area contributed by atoms with E-state index < -0.39 is 0 Å². The Morgan fingerprint density at radius 3 is 2.57 bits per heavy atom. The van der Waals surface area contributed by atoms with Gasteiger partial charge in [0.2, 0.25) is 0 Å². The number of aryl methyl sites for hydroxylation is 2. The Labute approximate surface area is 140 Å². The van der Waals surface area contributed by atoms with Crippen molar-refractivity contribution in [2.75, 3.05) is 0 Å². The molecule has 1 aliphatic carbocycles. The molecule has 1 aliphatic rings. The van der Waals surface area contributed by atoms with Crippen molar-refractivity contribution in [2.24, 2.45) is 5.41 Å². The quantitative estimate of drug-likeness (QED) is 0.817. The maximum atomic E-state index is 12.1. The van der Waals surface area contributed by atoms with E-state index in [9.17, 15) is 4.79 Å². The molecule has 2 rings (SSSR count). The molecule has 1 atom stereocenters. The van der Waals surface area contributed by atoms with Crippen molar-refractivity contribution in [1.82, 2.24) is 10.6 Å². The maximum absolute atomic E-state index is 12.1. The Kier molecular flexibility index (Phi) is 5.86. The van der Waals surface area contributed by atoms with Crippen LogP contribution in [0.2, 0.25) is 0 Å². The monoisotopic (exact) mass is 314 g/mol. The molecule has 0 saturated carbocycles. The van der Waals surface area contributed by atoms with Gasteiger partial charge in [-0.15, -0.1) is 0 Å². The highest BCUT2D eigenvalue weighted by Crippen LogP contribution is 2.26. The lowest BCUT2D eigenvalue weighted by Gasteiger charge is -2.21. The second-order valence-electron chi connectivity index (χ2n) is 7.51. The lowest BCUT2D eigenvalue weighted by molar-refractivity contribution is 0.240. The third kappa shape index (κ3) is 5.42. The van der Waals surface area contributed by atoms with E-state index >= 15 is 0 Å². The first-order valence-electron chi connectivity index (χ1n) is 8.75. The van der Waals surface area contributed by atoms with Crippen LogP contribution in [0, 0.1) is 5.41 Å². The smallest absolute Gasteiger partial charge is 0.319 e. The zero-order valence-electron chi connectivity index (χ0n) is 14.9. The average Bonchev–Trinajstić information content (AvgIpc) is 2.51. The molecule has 1 aromatic rings. The molecule has 2 amide bonds. The first-order valence-corrected chi connectivity index (χ1v) is 8.75. The number of fused-ring (bicyclic) bond motifs is 1. The fraction of sp³-hybridized carbons (Fsp3) is 0.550. The number of nitrogens with one attached hydrogen (secondary N) is 2. The van der Waals surface area contributed by atoms with Crippen LogP contribution in [0.1, 0.15) is 69.7 Å². The van der Waals surface area contributed by atoms with E-state index in [1.165, 1.54) is 42.4 Å². The summed E-state index contributed by atoms with van der Waals surface area (Å²) < 4.78 is 0. The largest absolute Gasteiger partial charge is 0.331 e. The van der Waals surface area contributed by atoms with Crippen molar-refractivity contribution in [3.05, 3.63) is 47.2 Å². The van der Waals surface area contributed by atoms with Crippen LogP contribution >= 0.6 is 0 Å². The molecule has 1 unspecified atom stereocenters. The summed E-state index contributed by atoms with van der Waals surface area (Å²) in [6.45, 7) is 8.41. The summed E-state index contributed by atoms with van der Waals surface area (Å²) in [5.41, 5.74) is 4.22. The van der Waals surface area contributed by atoms with Crippen LogP contribution in [-0.2, 0) is 12.8 Å². The van der Waals surface area contributed by atoms with Crippen molar-refractivity contribution < 1.29 is 4.79 Å². The van der Waals surface area contributed by atoms with Gasteiger partial charge in [-0.2, -0.15) is 0 Å². The fourth-order valence-corrected chi connectivity index (χ4v) is 2.96. The number of amides is 2. The molecule has 0 aromatic heterocycles. The van der Waals surface area contributed by atoms with Gasteiger partial charge in [0.1, 0.15) is 0 Å². The van der Waals surface area contributed by atoms with E-state index in [1.54, 1.807) is 6.20 Å². The van der Waals surface area contributed by atoms with Gasteiger partial charge in [0, 0.05) is 6.20 Å². The standard InChI is InChI=1S/C20H30N2O/c1-5-18(22-19(23)21-13-12-20(2,3)4)17-11-10-15-8-6-7-9-16(15)14-17/h10-14,18H,5-9H2,1-4H3,(H2,21,22,23)/b13-12+. The second-order valence-corrected chi connectivity index (χ2v) is 7.51. The molecule has 3 heteroatoms. The zero-order chi connectivity index (χ0) is 16.9. The van der Waals surface area contributed by atoms with Gasteiger partial charge in [0.15, 0.2) is 0 Å². The number of urea groups is 1. The first-order chi connectivity index (χ1) is 10.9. The molecule has 0 bridgehead atoms. The van der Waals surface area contributed by atoms with Crippen LogP contribution in [-0.4, -0.2) is 6.03 Å². The molecule has 0 spiro atoms. The minimum absolute atomic E-state index is 0.0604. The number of hydrogen-bond acceptors (Lipinski definition) is 1. The van der Waals surface area contributed by atoms with E-state index in [2.05, 4.69) is 56.5 Å². The number of carbonyl (C=O) groups excluding carboxylic acids is 1. The molecule has 126 valence electrons. The second kappa shape index (κ2) is 7.67. The highest BCUT2D eigenvalue weighted by atomic mass is 16.2. The van der Waals surface area contributed by atoms with Gasteiger partial charge in [-0.1, -0.05) is 52.0 Å². The van der Waals surface area contributed by atoms with E-state index in [-0.39, 0.29) is 17.5 Å². The summed E-state index contributed by atoms with van der Waals surface area (Å²) in [5, 5.41) is 5.88. The predicted octanol–water partition coefficient (Wildman–Crippen LogP) is 4.88. The summed E-state index contributed by atoms with van der Waals surface area (Å²) in [6.07, 6.45) is 9.54. The minimum Gasteiger partial charge on any atom is -0.331 e. The molecule has 23 heavy (non-hydrogen) atoms. The zero-order valence-corrected chi connectivity index (χ0v) is 14.9. The van der Waals surface area contributed by atoms with Crippen molar-refractivity contribution in [2.45, 2.75) is 65.8 Å². The lowest BCUT2D eigenvalue weighted by Crippen LogP contribution is -2.35. The van der Waals surface area contributed by atoms with Gasteiger partial charge in [-0.3, -0.25) is 0 Å². The fourth-order valence-electron chi connectivity index (χ4n) is 2.96. The Morgan fingerprint density at radius 1 is 1.22 bits per heavy atom. The molecule has 0 radical (unpaired) electrons. The van der Waals surface area contributed by atoms with Gasteiger partial charge in [0.25, 0.3) is 0 Å². The Hall–Kier alpha value is -1.77. The first kappa shape index (κ1) is 17.6. The van der Waals surface area contributed by atoms with E-state index in [1.807, 2.05) is 6.08 Å². The van der Waals surface area contributed by atoms with E-state index in [4.69, 9.17) is 0 Å². The molecule has 0 heterocycles. The van der Waals surface area contributed by atoms with Crippen LogP contribution in [0.3, 0.4) is 0 Å². The third-order valence-corrected chi connectivity index (χ3v) is 4.29. The van der Waals surface area contributed by atoms with Gasteiger partial charge < -0.3 is 10.6 Å². The average molecular weight is 314 g/mol.